The highest BCUT2D eigenvalue weighted by Gasteiger charge is 2.17. The highest BCUT2D eigenvalue weighted by atomic mass is 32.2. The maximum atomic E-state index is 12.0. The second kappa shape index (κ2) is 6.97. The van der Waals surface area contributed by atoms with E-state index >= 15 is 0 Å². The monoisotopic (exact) mass is 331 g/mol. The number of nitro groups is 1. The SMILES string of the molecule is O=C(C=Cc1ccc([N+](=O)[O-])cc1)CS(=O)(=O)c1ccccc1. The normalized spacial score (nSPS) is 11.5. The van der Waals surface area contributed by atoms with Crippen LogP contribution in [0.4, 0.5) is 5.69 Å². The molecule has 0 N–H and O–H groups in total. The van der Waals surface area contributed by atoms with Crippen molar-refractivity contribution in [2.75, 3.05) is 5.75 Å². The lowest BCUT2D eigenvalue weighted by Crippen LogP contribution is -2.14. The van der Waals surface area contributed by atoms with E-state index in [9.17, 15) is 23.3 Å². The van der Waals surface area contributed by atoms with Crippen LogP contribution in [0.25, 0.3) is 6.08 Å². The molecule has 0 aliphatic heterocycles. The second-order valence-corrected chi connectivity index (χ2v) is 6.71. The zero-order valence-electron chi connectivity index (χ0n) is 12.0. The van der Waals surface area contributed by atoms with Gasteiger partial charge in [0.2, 0.25) is 0 Å². The number of benzene rings is 2. The fraction of sp³-hybridized carbons (Fsp3) is 0.0625. The number of sulfone groups is 1. The lowest BCUT2D eigenvalue weighted by Gasteiger charge is -2.01. The molecular weight excluding hydrogens is 318 g/mol. The van der Waals surface area contributed by atoms with Crippen molar-refractivity contribution in [1.82, 2.24) is 0 Å². The van der Waals surface area contributed by atoms with Crippen molar-refractivity contribution in [2.24, 2.45) is 0 Å². The molecule has 7 heteroatoms. The van der Waals surface area contributed by atoms with Crippen LogP contribution in [-0.2, 0) is 14.6 Å². The molecule has 23 heavy (non-hydrogen) atoms. The smallest absolute Gasteiger partial charge is 0.269 e. The number of non-ortho nitro benzene ring substituents is 1. The van der Waals surface area contributed by atoms with Crippen LogP contribution in [-0.4, -0.2) is 24.9 Å². The number of ketones is 1. The predicted molar refractivity (Wildman–Crippen MR) is 85.6 cm³/mol. The molecule has 2 aromatic rings. The number of hydrogen-bond acceptors (Lipinski definition) is 5. The van der Waals surface area contributed by atoms with E-state index in [0.29, 0.717) is 5.56 Å². The van der Waals surface area contributed by atoms with Gasteiger partial charge >= 0.3 is 0 Å². The summed E-state index contributed by atoms with van der Waals surface area (Å²) in [4.78, 5) is 21.9. The summed E-state index contributed by atoms with van der Waals surface area (Å²) in [6, 6.07) is 13.3. The van der Waals surface area contributed by atoms with Crippen LogP contribution in [0.1, 0.15) is 5.56 Å². The molecule has 0 bridgehead atoms. The lowest BCUT2D eigenvalue weighted by atomic mass is 10.2. The van der Waals surface area contributed by atoms with Crippen molar-refractivity contribution in [2.45, 2.75) is 4.90 Å². The first-order valence-electron chi connectivity index (χ1n) is 6.62. The number of carbonyl (C=O) groups is 1. The third-order valence-corrected chi connectivity index (χ3v) is 4.66. The number of hydrogen-bond donors (Lipinski definition) is 0. The Labute approximate surface area is 133 Å². The van der Waals surface area contributed by atoms with E-state index in [1.54, 1.807) is 18.2 Å². The number of nitrogens with zero attached hydrogens (tertiary/aromatic N) is 1. The van der Waals surface area contributed by atoms with Gasteiger partial charge in [0.1, 0.15) is 5.75 Å². The number of nitro benzene ring substituents is 1. The average molecular weight is 331 g/mol. The summed E-state index contributed by atoms with van der Waals surface area (Å²) in [7, 11) is -3.67. The number of rotatable bonds is 6. The van der Waals surface area contributed by atoms with Gasteiger partial charge in [-0.05, 0) is 35.9 Å². The second-order valence-electron chi connectivity index (χ2n) is 4.72. The van der Waals surface area contributed by atoms with E-state index < -0.39 is 26.3 Å². The highest BCUT2D eigenvalue weighted by Crippen LogP contribution is 2.14. The summed E-state index contributed by atoms with van der Waals surface area (Å²) >= 11 is 0. The Hall–Kier alpha value is -2.80. The molecule has 0 radical (unpaired) electrons. The van der Waals surface area contributed by atoms with E-state index in [-0.39, 0.29) is 10.6 Å². The van der Waals surface area contributed by atoms with Gasteiger partial charge in [-0.3, -0.25) is 14.9 Å². The standard InChI is InChI=1S/C16H13NO5S/c18-15(12-23(21,22)16-4-2-1-3-5-16)11-8-13-6-9-14(10-7-13)17(19)20/h1-11H,12H2. The van der Waals surface area contributed by atoms with Crippen molar-refractivity contribution in [1.29, 1.82) is 0 Å². The van der Waals surface area contributed by atoms with Gasteiger partial charge in [-0.15, -0.1) is 0 Å². The first kappa shape index (κ1) is 16.6. The Bertz CT molecular complexity index is 840. The third-order valence-electron chi connectivity index (χ3n) is 3.00. The lowest BCUT2D eigenvalue weighted by molar-refractivity contribution is -0.384. The molecule has 2 rings (SSSR count). The predicted octanol–water partition coefficient (Wildman–Crippen LogP) is 2.65. The molecule has 118 valence electrons. The van der Waals surface area contributed by atoms with Crippen LogP contribution >= 0.6 is 0 Å². The van der Waals surface area contributed by atoms with Gasteiger partial charge in [0.25, 0.3) is 5.69 Å². The number of carbonyl (C=O) groups excluding carboxylic acids is 1. The van der Waals surface area contributed by atoms with E-state index in [4.69, 9.17) is 0 Å². The van der Waals surface area contributed by atoms with Gasteiger partial charge in [-0.2, -0.15) is 0 Å². The summed E-state index contributed by atoms with van der Waals surface area (Å²) in [6.07, 6.45) is 2.58. The summed E-state index contributed by atoms with van der Waals surface area (Å²) in [5.41, 5.74) is 0.515. The van der Waals surface area contributed by atoms with Crippen molar-refractivity contribution >= 4 is 27.4 Å². The highest BCUT2D eigenvalue weighted by molar-refractivity contribution is 7.92. The first-order valence-corrected chi connectivity index (χ1v) is 8.27. The zero-order valence-corrected chi connectivity index (χ0v) is 12.8. The molecule has 0 saturated carbocycles. The Balaban J connectivity index is 2.06. The van der Waals surface area contributed by atoms with Crippen LogP contribution in [0.5, 0.6) is 0 Å². The number of allylic oxidation sites excluding steroid dienone is 1. The fourth-order valence-corrected chi connectivity index (χ4v) is 3.05. The molecule has 0 amide bonds. The van der Waals surface area contributed by atoms with Crippen molar-refractivity contribution in [3.05, 3.63) is 76.4 Å². The topological polar surface area (TPSA) is 94.3 Å². The maximum Gasteiger partial charge on any atom is 0.269 e. The minimum atomic E-state index is -3.67. The molecule has 0 fully saturated rings. The largest absolute Gasteiger partial charge is 0.294 e. The van der Waals surface area contributed by atoms with E-state index in [0.717, 1.165) is 6.08 Å². The van der Waals surface area contributed by atoms with Gasteiger partial charge in [-0.1, -0.05) is 24.3 Å². The van der Waals surface area contributed by atoms with Gasteiger partial charge < -0.3 is 0 Å². The molecular formula is C16H13NO5S. The van der Waals surface area contributed by atoms with Crippen molar-refractivity contribution in [3.63, 3.8) is 0 Å². The molecule has 0 atom stereocenters. The first-order chi connectivity index (χ1) is 10.9. The average Bonchev–Trinajstić information content (AvgIpc) is 2.54. The summed E-state index contributed by atoms with van der Waals surface area (Å²) in [6.45, 7) is 0. The summed E-state index contributed by atoms with van der Waals surface area (Å²) in [5, 5.41) is 10.5. The molecule has 0 spiro atoms. The maximum absolute atomic E-state index is 12.0. The minimum absolute atomic E-state index is 0.0554. The fourth-order valence-electron chi connectivity index (χ4n) is 1.84. The molecule has 0 unspecified atom stereocenters. The van der Waals surface area contributed by atoms with Crippen molar-refractivity contribution < 1.29 is 18.1 Å². The molecule has 0 heterocycles. The molecule has 2 aromatic carbocycles. The Morgan fingerprint density at radius 3 is 2.22 bits per heavy atom. The third kappa shape index (κ3) is 4.58. The van der Waals surface area contributed by atoms with Crippen LogP contribution in [0.15, 0.2) is 65.6 Å². The molecule has 0 aliphatic rings. The molecule has 0 aliphatic carbocycles. The molecule has 0 aromatic heterocycles. The summed E-state index contributed by atoms with van der Waals surface area (Å²) < 4.78 is 24.1. The zero-order chi connectivity index (χ0) is 16.9. The molecule has 0 saturated heterocycles. The van der Waals surface area contributed by atoms with Crippen LogP contribution < -0.4 is 0 Å². The molecule has 6 nitrogen and oxygen atoms in total. The Morgan fingerprint density at radius 1 is 1.04 bits per heavy atom. The summed E-state index contributed by atoms with van der Waals surface area (Å²) in [5.74, 6) is -1.19. The Kier molecular flexibility index (Phi) is 5.02. The quantitative estimate of drug-likeness (QED) is 0.461. The van der Waals surface area contributed by atoms with Gasteiger partial charge in [0.15, 0.2) is 15.6 Å². The minimum Gasteiger partial charge on any atom is -0.294 e. The van der Waals surface area contributed by atoms with Crippen LogP contribution in [0.3, 0.4) is 0 Å². The van der Waals surface area contributed by atoms with E-state index in [1.807, 2.05) is 0 Å². The van der Waals surface area contributed by atoms with Gasteiger partial charge in [-0.25, -0.2) is 8.42 Å². The van der Waals surface area contributed by atoms with Gasteiger partial charge in [0.05, 0.1) is 9.82 Å². The van der Waals surface area contributed by atoms with Crippen molar-refractivity contribution in [3.8, 4) is 0 Å². The van der Waals surface area contributed by atoms with Crippen LogP contribution in [0.2, 0.25) is 0 Å². The Morgan fingerprint density at radius 2 is 1.65 bits per heavy atom. The van der Waals surface area contributed by atoms with Gasteiger partial charge in [0, 0.05) is 12.1 Å². The van der Waals surface area contributed by atoms with E-state index in [1.165, 1.54) is 42.5 Å². The van der Waals surface area contributed by atoms with Crippen LogP contribution in [0, 0.1) is 10.1 Å². The van der Waals surface area contributed by atoms with E-state index in [2.05, 4.69) is 0 Å².